The Morgan fingerprint density at radius 1 is 1.40 bits per heavy atom. The fourth-order valence-corrected chi connectivity index (χ4v) is 2.35. The van der Waals surface area contributed by atoms with E-state index in [-0.39, 0.29) is 6.04 Å². The highest BCUT2D eigenvalue weighted by atomic mass is 16.5. The van der Waals surface area contributed by atoms with E-state index in [9.17, 15) is 0 Å². The van der Waals surface area contributed by atoms with Crippen molar-refractivity contribution in [2.24, 2.45) is 5.92 Å². The summed E-state index contributed by atoms with van der Waals surface area (Å²) >= 11 is 0. The zero-order valence-corrected chi connectivity index (χ0v) is 11.5. The predicted molar refractivity (Wildman–Crippen MR) is 71.0 cm³/mol. The van der Waals surface area contributed by atoms with E-state index in [2.05, 4.69) is 32.3 Å². The molecule has 0 amide bonds. The van der Waals surface area contributed by atoms with Crippen molar-refractivity contribution in [3.8, 4) is 17.4 Å². The van der Waals surface area contributed by atoms with Gasteiger partial charge in [0.25, 0.3) is 0 Å². The standard InChI is InChI=1S/C13H17N5O2/c1-8-3-4-14-10(5-8)13-17-12(18-20-13)9-6-11(19-2)16-7-15-9/h6-8,10,14H,3-5H2,1-2H3. The van der Waals surface area contributed by atoms with Gasteiger partial charge in [0.15, 0.2) is 0 Å². The highest BCUT2D eigenvalue weighted by Crippen LogP contribution is 2.27. The van der Waals surface area contributed by atoms with Crippen LogP contribution in [0.1, 0.15) is 31.7 Å². The van der Waals surface area contributed by atoms with Gasteiger partial charge in [-0.3, -0.25) is 0 Å². The summed E-state index contributed by atoms with van der Waals surface area (Å²) in [6.07, 6.45) is 3.61. The molecule has 2 unspecified atom stereocenters. The smallest absolute Gasteiger partial charge is 0.244 e. The van der Waals surface area contributed by atoms with Crippen molar-refractivity contribution in [3.05, 3.63) is 18.3 Å². The maximum Gasteiger partial charge on any atom is 0.244 e. The van der Waals surface area contributed by atoms with Crippen molar-refractivity contribution < 1.29 is 9.26 Å². The van der Waals surface area contributed by atoms with Crippen LogP contribution in [0.2, 0.25) is 0 Å². The van der Waals surface area contributed by atoms with Gasteiger partial charge in [0.2, 0.25) is 17.6 Å². The highest BCUT2D eigenvalue weighted by Gasteiger charge is 2.25. The number of methoxy groups -OCH3 is 1. The fraction of sp³-hybridized carbons (Fsp3) is 0.538. The van der Waals surface area contributed by atoms with Gasteiger partial charge in [0.05, 0.1) is 13.2 Å². The zero-order valence-electron chi connectivity index (χ0n) is 11.5. The topological polar surface area (TPSA) is 86.0 Å². The minimum Gasteiger partial charge on any atom is -0.481 e. The first-order chi connectivity index (χ1) is 9.76. The molecule has 7 nitrogen and oxygen atoms in total. The molecule has 3 rings (SSSR count). The van der Waals surface area contributed by atoms with Gasteiger partial charge in [-0.25, -0.2) is 9.97 Å². The maximum absolute atomic E-state index is 5.36. The molecule has 3 heterocycles. The molecule has 1 fully saturated rings. The number of rotatable bonds is 3. The summed E-state index contributed by atoms with van der Waals surface area (Å²) in [7, 11) is 1.56. The molecule has 1 aliphatic heterocycles. The average molecular weight is 275 g/mol. The van der Waals surface area contributed by atoms with E-state index in [4.69, 9.17) is 9.26 Å². The molecule has 0 spiro atoms. The largest absolute Gasteiger partial charge is 0.481 e. The maximum atomic E-state index is 5.36. The van der Waals surface area contributed by atoms with Crippen molar-refractivity contribution in [3.63, 3.8) is 0 Å². The molecule has 0 bridgehead atoms. The van der Waals surface area contributed by atoms with Crippen molar-refractivity contribution in [2.75, 3.05) is 13.7 Å². The van der Waals surface area contributed by atoms with Crippen LogP contribution in [0.15, 0.2) is 16.9 Å². The molecular weight excluding hydrogens is 258 g/mol. The average Bonchev–Trinajstić information content (AvgIpc) is 2.97. The Hall–Kier alpha value is -2.02. The van der Waals surface area contributed by atoms with Gasteiger partial charge in [0, 0.05) is 6.07 Å². The second kappa shape index (κ2) is 5.54. The number of nitrogens with one attached hydrogen (secondary N) is 1. The molecule has 0 radical (unpaired) electrons. The first kappa shape index (κ1) is 13.0. The van der Waals surface area contributed by atoms with Gasteiger partial charge >= 0.3 is 0 Å². The summed E-state index contributed by atoms with van der Waals surface area (Å²) in [5, 5.41) is 7.39. The van der Waals surface area contributed by atoms with Crippen LogP contribution < -0.4 is 10.1 Å². The summed E-state index contributed by atoms with van der Waals surface area (Å²) in [6, 6.07) is 1.81. The predicted octanol–water partition coefficient (Wildman–Crippen LogP) is 1.60. The molecule has 7 heteroatoms. The Kier molecular flexibility index (Phi) is 3.60. The van der Waals surface area contributed by atoms with Gasteiger partial charge in [0.1, 0.15) is 12.0 Å². The molecule has 2 aromatic rings. The van der Waals surface area contributed by atoms with E-state index in [1.807, 2.05) is 0 Å². The molecular formula is C13H17N5O2. The SMILES string of the molecule is COc1cc(-c2noc(C3CC(C)CCN3)n2)ncn1. The summed E-state index contributed by atoms with van der Waals surface area (Å²) in [4.78, 5) is 12.5. The van der Waals surface area contributed by atoms with E-state index in [0.717, 1.165) is 13.0 Å². The van der Waals surface area contributed by atoms with Crippen LogP contribution in [-0.2, 0) is 0 Å². The van der Waals surface area contributed by atoms with Crippen LogP contribution in [0.3, 0.4) is 0 Å². The van der Waals surface area contributed by atoms with Crippen molar-refractivity contribution in [1.29, 1.82) is 0 Å². The highest BCUT2D eigenvalue weighted by molar-refractivity contribution is 5.49. The molecule has 1 aliphatic rings. The van der Waals surface area contributed by atoms with E-state index >= 15 is 0 Å². The van der Waals surface area contributed by atoms with Crippen molar-refractivity contribution in [2.45, 2.75) is 25.8 Å². The third-order valence-corrected chi connectivity index (χ3v) is 3.49. The third kappa shape index (κ3) is 2.62. The summed E-state index contributed by atoms with van der Waals surface area (Å²) in [6.45, 7) is 3.21. The van der Waals surface area contributed by atoms with Gasteiger partial charge in [-0.05, 0) is 25.3 Å². The number of nitrogens with zero attached hydrogens (tertiary/aromatic N) is 4. The lowest BCUT2D eigenvalue weighted by molar-refractivity contribution is 0.260. The van der Waals surface area contributed by atoms with E-state index in [1.165, 1.54) is 12.7 Å². The van der Waals surface area contributed by atoms with Crippen molar-refractivity contribution in [1.82, 2.24) is 25.4 Å². The van der Waals surface area contributed by atoms with Crippen LogP contribution in [0, 0.1) is 5.92 Å². The summed E-state index contributed by atoms with van der Waals surface area (Å²) in [5.74, 6) is 2.21. The van der Waals surface area contributed by atoms with E-state index in [1.54, 1.807) is 13.2 Å². The quantitative estimate of drug-likeness (QED) is 0.910. The van der Waals surface area contributed by atoms with Gasteiger partial charge < -0.3 is 14.6 Å². The number of hydrogen-bond acceptors (Lipinski definition) is 7. The fourth-order valence-electron chi connectivity index (χ4n) is 2.35. The van der Waals surface area contributed by atoms with E-state index in [0.29, 0.717) is 29.2 Å². The van der Waals surface area contributed by atoms with Gasteiger partial charge in [-0.1, -0.05) is 12.1 Å². The monoisotopic (exact) mass is 275 g/mol. The molecule has 0 aliphatic carbocycles. The van der Waals surface area contributed by atoms with Crippen LogP contribution in [0.4, 0.5) is 0 Å². The Balaban J connectivity index is 1.82. The van der Waals surface area contributed by atoms with Gasteiger partial charge in [-0.15, -0.1) is 0 Å². The molecule has 106 valence electrons. The Morgan fingerprint density at radius 2 is 2.30 bits per heavy atom. The van der Waals surface area contributed by atoms with Crippen LogP contribution in [-0.4, -0.2) is 33.8 Å². The molecule has 20 heavy (non-hydrogen) atoms. The first-order valence-electron chi connectivity index (χ1n) is 6.69. The zero-order chi connectivity index (χ0) is 13.9. The molecule has 1 N–H and O–H groups in total. The summed E-state index contributed by atoms with van der Waals surface area (Å²) < 4.78 is 10.4. The van der Waals surface area contributed by atoms with Crippen LogP contribution >= 0.6 is 0 Å². The Morgan fingerprint density at radius 3 is 3.10 bits per heavy atom. The number of ether oxygens (including phenoxy) is 1. The lowest BCUT2D eigenvalue weighted by atomic mass is 9.94. The Bertz CT molecular complexity index is 586. The lowest BCUT2D eigenvalue weighted by Gasteiger charge is -2.25. The number of hydrogen-bond donors (Lipinski definition) is 1. The van der Waals surface area contributed by atoms with E-state index < -0.39 is 0 Å². The number of piperidine rings is 1. The molecule has 0 saturated carbocycles. The minimum atomic E-state index is 0.128. The summed E-state index contributed by atoms with van der Waals surface area (Å²) in [5.41, 5.74) is 0.593. The van der Waals surface area contributed by atoms with Crippen LogP contribution in [0.5, 0.6) is 5.88 Å². The number of aromatic nitrogens is 4. The third-order valence-electron chi connectivity index (χ3n) is 3.49. The first-order valence-corrected chi connectivity index (χ1v) is 6.69. The van der Waals surface area contributed by atoms with Gasteiger partial charge in [-0.2, -0.15) is 4.98 Å². The normalized spacial score (nSPS) is 22.7. The second-order valence-electron chi connectivity index (χ2n) is 5.04. The minimum absolute atomic E-state index is 0.128. The molecule has 2 aromatic heterocycles. The molecule has 1 saturated heterocycles. The Labute approximate surface area is 116 Å². The lowest BCUT2D eigenvalue weighted by Crippen LogP contribution is -2.30. The van der Waals surface area contributed by atoms with Crippen molar-refractivity contribution >= 4 is 0 Å². The van der Waals surface area contributed by atoms with Crippen LogP contribution in [0.25, 0.3) is 11.5 Å². The second-order valence-corrected chi connectivity index (χ2v) is 5.04. The molecule has 2 atom stereocenters. The molecule has 0 aromatic carbocycles.